The Morgan fingerprint density at radius 2 is 2.09 bits per heavy atom. The average molecular weight is 302 g/mol. The Morgan fingerprint density at radius 3 is 2.73 bits per heavy atom. The van der Waals surface area contributed by atoms with Crippen molar-refractivity contribution in [2.24, 2.45) is 5.73 Å². The number of nitrogens with zero attached hydrogens (tertiary/aromatic N) is 2. The van der Waals surface area contributed by atoms with Crippen molar-refractivity contribution in [3.63, 3.8) is 0 Å². The molecule has 1 aromatic carbocycles. The summed E-state index contributed by atoms with van der Waals surface area (Å²) in [5, 5.41) is 10.1. The van der Waals surface area contributed by atoms with Gasteiger partial charge in [-0.05, 0) is 37.6 Å². The lowest BCUT2D eigenvalue weighted by molar-refractivity contribution is 0.0996. The number of hydrogen-bond donors (Lipinski definition) is 2. The number of ether oxygens (including phenoxy) is 2. The number of carbonyl (C=O) groups excluding carboxylic acids is 1. The number of primary amides is 1. The van der Waals surface area contributed by atoms with E-state index in [1.54, 1.807) is 18.2 Å². The number of hydrogen-bond acceptors (Lipinski definition) is 5. The SMILES string of the molecule is C=C(C)COc1ccc(-c2n[nH]nc2C(N)=O)cc1OCC. The van der Waals surface area contributed by atoms with Crippen LogP contribution >= 0.6 is 0 Å². The molecular weight excluding hydrogens is 284 g/mol. The van der Waals surface area contributed by atoms with Crippen LogP contribution in [0.15, 0.2) is 30.4 Å². The highest BCUT2D eigenvalue weighted by atomic mass is 16.5. The molecule has 0 atom stereocenters. The molecule has 0 aliphatic heterocycles. The smallest absolute Gasteiger partial charge is 0.271 e. The molecule has 1 amide bonds. The zero-order valence-corrected chi connectivity index (χ0v) is 12.5. The van der Waals surface area contributed by atoms with Gasteiger partial charge in [-0.15, -0.1) is 0 Å². The molecule has 0 spiro atoms. The van der Waals surface area contributed by atoms with E-state index in [0.717, 1.165) is 5.57 Å². The van der Waals surface area contributed by atoms with E-state index < -0.39 is 5.91 Å². The Balaban J connectivity index is 2.38. The van der Waals surface area contributed by atoms with Gasteiger partial charge in [0.25, 0.3) is 5.91 Å². The zero-order valence-electron chi connectivity index (χ0n) is 12.5. The van der Waals surface area contributed by atoms with Crippen molar-refractivity contribution >= 4 is 5.91 Å². The summed E-state index contributed by atoms with van der Waals surface area (Å²) in [4.78, 5) is 11.3. The van der Waals surface area contributed by atoms with Gasteiger partial charge in [0, 0.05) is 5.56 Å². The lowest BCUT2D eigenvalue weighted by Gasteiger charge is -2.13. The molecule has 2 rings (SSSR count). The van der Waals surface area contributed by atoms with Gasteiger partial charge in [0.15, 0.2) is 17.2 Å². The Hall–Kier alpha value is -2.83. The van der Waals surface area contributed by atoms with E-state index in [1.807, 2.05) is 13.8 Å². The quantitative estimate of drug-likeness (QED) is 0.761. The van der Waals surface area contributed by atoms with Crippen LogP contribution in [-0.4, -0.2) is 34.5 Å². The van der Waals surface area contributed by atoms with Gasteiger partial charge in [-0.3, -0.25) is 4.79 Å². The molecule has 0 aliphatic carbocycles. The van der Waals surface area contributed by atoms with Gasteiger partial charge in [0.2, 0.25) is 0 Å². The van der Waals surface area contributed by atoms with Crippen LogP contribution < -0.4 is 15.2 Å². The molecule has 0 saturated carbocycles. The Bertz CT molecular complexity index is 694. The topological polar surface area (TPSA) is 103 Å². The third-order valence-electron chi connectivity index (χ3n) is 2.77. The van der Waals surface area contributed by atoms with Gasteiger partial charge in [0.05, 0.1) is 6.61 Å². The highest BCUT2D eigenvalue weighted by molar-refractivity contribution is 5.96. The predicted molar refractivity (Wildman–Crippen MR) is 81.8 cm³/mol. The number of aromatic nitrogens is 3. The number of carbonyl (C=O) groups is 1. The van der Waals surface area contributed by atoms with E-state index in [0.29, 0.717) is 36.0 Å². The van der Waals surface area contributed by atoms with Crippen molar-refractivity contribution < 1.29 is 14.3 Å². The van der Waals surface area contributed by atoms with Crippen molar-refractivity contribution in [1.29, 1.82) is 0 Å². The third-order valence-corrected chi connectivity index (χ3v) is 2.77. The molecule has 1 aromatic heterocycles. The van der Waals surface area contributed by atoms with Crippen LogP contribution in [0.2, 0.25) is 0 Å². The highest BCUT2D eigenvalue weighted by Crippen LogP contribution is 2.33. The summed E-state index contributed by atoms with van der Waals surface area (Å²) >= 11 is 0. The molecule has 116 valence electrons. The molecule has 0 bridgehead atoms. The van der Waals surface area contributed by atoms with Gasteiger partial charge >= 0.3 is 0 Å². The van der Waals surface area contributed by atoms with Gasteiger partial charge in [-0.1, -0.05) is 6.58 Å². The second-order valence-corrected chi connectivity index (χ2v) is 4.73. The Labute approximate surface area is 128 Å². The summed E-state index contributed by atoms with van der Waals surface area (Å²) in [5.74, 6) is 0.502. The summed E-state index contributed by atoms with van der Waals surface area (Å²) in [7, 11) is 0. The maximum absolute atomic E-state index is 11.3. The Kier molecular flexibility index (Phi) is 4.77. The van der Waals surface area contributed by atoms with Crippen LogP contribution in [0.5, 0.6) is 11.5 Å². The minimum atomic E-state index is -0.649. The highest BCUT2D eigenvalue weighted by Gasteiger charge is 2.17. The second kappa shape index (κ2) is 6.75. The van der Waals surface area contributed by atoms with Crippen molar-refractivity contribution in [2.45, 2.75) is 13.8 Å². The molecule has 0 radical (unpaired) electrons. The average Bonchev–Trinajstić information content (AvgIpc) is 2.95. The van der Waals surface area contributed by atoms with Gasteiger partial charge in [-0.2, -0.15) is 15.4 Å². The summed E-state index contributed by atoms with van der Waals surface area (Å²) in [5.41, 5.74) is 7.30. The monoisotopic (exact) mass is 302 g/mol. The predicted octanol–water partition coefficient (Wildman–Crippen LogP) is 1.92. The summed E-state index contributed by atoms with van der Waals surface area (Å²) < 4.78 is 11.2. The molecule has 1 heterocycles. The number of nitrogens with one attached hydrogen (secondary N) is 1. The fourth-order valence-corrected chi connectivity index (χ4v) is 1.85. The van der Waals surface area contributed by atoms with Crippen molar-refractivity contribution in [2.75, 3.05) is 13.2 Å². The lowest BCUT2D eigenvalue weighted by Crippen LogP contribution is -2.12. The van der Waals surface area contributed by atoms with E-state index in [2.05, 4.69) is 22.0 Å². The summed E-state index contributed by atoms with van der Waals surface area (Å²) in [6.45, 7) is 8.43. The van der Waals surface area contributed by atoms with Crippen molar-refractivity contribution in [3.05, 3.63) is 36.0 Å². The summed E-state index contributed by atoms with van der Waals surface area (Å²) in [6, 6.07) is 5.25. The van der Waals surface area contributed by atoms with Crippen LogP contribution in [-0.2, 0) is 0 Å². The van der Waals surface area contributed by atoms with Crippen LogP contribution in [0.3, 0.4) is 0 Å². The summed E-state index contributed by atoms with van der Waals surface area (Å²) in [6.07, 6.45) is 0. The van der Waals surface area contributed by atoms with E-state index in [-0.39, 0.29) is 5.69 Å². The first kappa shape index (κ1) is 15.6. The van der Waals surface area contributed by atoms with Crippen molar-refractivity contribution in [3.8, 4) is 22.8 Å². The molecular formula is C15H18N4O3. The maximum atomic E-state index is 11.3. The van der Waals surface area contributed by atoms with E-state index in [4.69, 9.17) is 15.2 Å². The largest absolute Gasteiger partial charge is 0.490 e. The van der Waals surface area contributed by atoms with Crippen LogP contribution in [0.25, 0.3) is 11.3 Å². The van der Waals surface area contributed by atoms with Crippen LogP contribution in [0.4, 0.5) is 0 Å². The molecule has 22 heavy (non-hydrogen) atoms. The molecule has 7 nitrogen and oxygen atoms in total. The van der Waals surface area contributed by atoms with Gasteiger partial charge < -0.3 is 15.2 Å². The molecule has 0 saturated heterocycles. The molecule has 0 fully saturated rings. The second-order valence-electron chi connectivity index (χ2n) is 4.73. The van der Waals surface area contributed by atoms with E-state index in [1.165, 1.54) is 0 Å². The molecule has 0 unspecified atom stereocenters. The van der Waals surface area contributed by atoms with E-state index in [9.17, 15) is 4.79 Å². The Morgan fingerprint density at radius 1 is 1.32 bits per heavy atom. The van der Waals surface area contributed by atoms with Crippen LogP contribution in [0, 0.1) is 0 Å². The van der Waals surface area contributed by atoms with Crippen molar-refractivity contribution in [1.82, 2.24) is 15.4 Å². The number of H-pyrrole nitrogens is 1. The molecule has 0 aliphatic rings. The normalized spacial score (nSPS) is 10.3. The van der Waals surface area contributed by atoms with Crippen LogP contribution in [0.1, 0.15) is 24.3 Å². The zero-order chi connectivity index (χ0) is 16.1. The lowest BCUT2D eigenvalue weighted by atomic mass is 10.1. The first-order valence-electron chi connectivity index (χ1n) is 6.78. The minimum Gasteiger partial charge on any atom is -0.490 e. The van der Waals surface area contributed by atoms with E-state index >= 15 is 0 Å². The molecule has 2 aromatic rings. The third kappa shape index (κ3) is 3.43. The first-order chi connectivity index (χ1) is 10.5. The van der Waals surface area contributed by atoms with Gasteiger partial charge in [-0.25, -0.2) is 0 Å². The molecule has 3 N–H and O–H groups in total. The fraction of sp³-hybridized carbons (Fsp3) is 0.267. The maximum Gasteiger partial charge on any atom is 0.271 e. The van der Waals surface area contributed by atoms with Gasteiger partial charge in [0.1, 0.15) is 12.3 Å². The first-order valence-corrected chi connectivity index (χ1v) is 6.78. The minimum absolute atomic E-state index is 0.0815. The number of nitrogens with two attached hydrogens (primary N) is 1. The number of rotatable bonds is 7. The molecule has 7 heteroatoms. The fourth-order valence-electron chi connectivity index (χ4n) is 1.85. The number of amides is 1. The standard InChI is InChI=1S/C15H18N4O3/c1-4-21-12-7-10(5-6-11(12)22-8-9(2)3)13-14(15(16)20)18-19-17-13/h5-7H,2,4,8H2,1,3H3,(H2,16,20)(H,17,18,19). The number of aromatic amines is 1. The number of benzene rings is 1.